The molecule has 2 aliphatic heterocycles. The van der Waals surface area contributed by atoms with E-state index < -0.39 is 0 Å². The first kappa shape index (κ1) is 17.9. The predicted octanol–water partition coefficient (Wildman–Crippen LogP) is 2.29. The van der Waals surface area contributed by atoms with Crippen LogP contribution in [-0.4, -0.2) is 56.0 Å². The van der Waals surface area contributed by atoms with Gasteiger partial charge in [-0.25, -0.2) is 4.98 Å². The topological polar surface area (TPSA) is 76.7 Å². The Hall–Kier alpha value is -2.54. The Morgan fingerprint density at radius 3 is 2.67 bits per heavy atom. The van der Waals surface area contributed by atoms with E-state index in [0.717, 1.165) is 68.8 Å². The summed E-state index contributed by atoms with van der Waals surface area (Å²) in [6.45, 7) is 7.80. The maximum absolute atomic E-state index is 5.99. The van der Waals surface area contributed by atoms with Gasteiger partial charge >= 0.3 is 0 Å². The van der Waals surface area contributed by atoms with E-state index in [1.807, 2.05) is 19.1 Å². The Bertz CT molecular complexity index is 771. The summed E-state index contributed by atoms with van der Waals surface area (Å²) in [6.07, 6.45) is 0.998. The number of benzene rings is 1. The molecule has 1 aromatic carbocycles. The van der Waals surface area contributed by atoms with Gasteiger partial charge in [-0.05, 0) is 25.5 Å². The molecule has 2 saturated heterocycles. The lowest BCUT2D eigenvalue weighted by Gasteiger charge is -2.37. The number of hydrogen-bond donors (Lipinski definition) is 1. The molecule has 144 valence electrons. The highest BCUT2D eigenvalue weighted by molar-refractivity contribution is 5.59. The molecule has 2 aliphatic rings. The van der Waals surface area contributed by atoms with Gasteiger partial charge in [0.05, 0.1) is 24.6 Å². The third-order valence-electron chi connectivity index (χ3n) is 5.21. The van der Waals surface area contributed by atoms with Crippen LogP contribution in [0.3, 0.4) is 0 Å². The van der Waals surface area contributed by atoms with Crippen LogP contribution in [0.5, 0.6) is 5.75 Å². The minimum absolute atomic E-state index is 0.327. The summed E-state index contributed by atoms with van der Waals surface area (Å²) in [5.74, 6) is 2.54. The molecule has 0 saturated carbocycles. The number of aromatic nitrogens is 2. The highest BCUT2D eigenvalue weighted by atomic mass is 16.5. The number of rotatable bonds is 5. The predicted molar refractivity (Wildman–Crippen MR) is 107 cm³/mol. The number of piperazine rings is 1. The SMILES string of the molecule is CCOc1ccccc1N1CCN(c2cc([C@H]3CCOC3)nc(N)n2)CC1. The Labute approximate surface area is 160 Å². The second-order valence-electron chi connectivity index (χ2n) is 6.94. The Morgan fingerprint density at radius 2 is 1.93 bits per heavy atom. The van der Waals surface area contributed by atoms with Gasteiger partial charge in [0, 0.05) is 44.8 Å². The van der Waals surface area contributed by atoms with E-state index in [2.05, 4.69) is 38.0 Å². The van der Waals surface area contributed by atoms with Gasteiger partial charge in [-0.2, -0.15) is 4.98 Å². The minimum atomic E-state index is 0.327. The van der Waals surface area contributed by atoms with Crippen molar-refractivity contribution in [3.8, 4) is 5.75 Å². The Balaban J connectivity index is 1.47. The van der Waals surface area contributed by atoms with Crippen LogP contribution in [0.15, 0.2) is 30.3 Å². The van der Waals surface area contributed by atoms with Crippen LogP contribution in [0.25, 0.3) is 0 Å². The first-order valence-corrected chi connectivity index (χ1v) is 9.68. The van der Waals surface area contributed by atoms with Crippen LogP contribution in [0.4, 0.5) is 17.5 Å². The van der Waals surface area contributed by atoms with E-state index in [9.17, 15) is 0 Å². The molecule has 27 heavy (non-hydrogen) atoms. The Morgan fingerprint density at radius 1 is 1.15 bits per heavy atom. The van der Waals surface area contributed by atoms with Crippen LogP contribution in [-0.2, 0) is 4.74 Å². The summed E-state index contributed by atoms with van der Waals surface area (Å²) in [4.78, 5) is 13.6. The van der Waals surface area contributed by atoms with Gasteiger partial charge in [-0.15, -0.1) is 0 Å². The summed E-state index contributed by atoms with van der Waals surface area (Å²) in [7, 11) is 0. The molecule has 0 aliphatic carbocycles. The number of nitrogens with two attached hydrogens (primary N) is 1. The summed E-state index contributed by atoms with van der Waals surface area (Å²) >= 11 is 0. The fourth-order valence-electron chi connectivity index (χ4n) is 3.78. The average molecular weight is 369 g/mol. The number of ether oxygens (including phenoxy) is 2. The monoisotopic (exact) mass is 369 g/mol. The van der Waals surface area contributed by atoms with Gasteiger partial charge in [-0.3, -0.25) is 0 Å². The molecule has 0 amide bonds. The minimum Gasteiger partial charge on any atom is -0.492 e. The molecule has 0 unspecified atom stereocenters. The fraction of sp³-hybridized carbons (Fsp3) is 0.500. The molecule has 4 rings (SSSR count). The van der Waals surface area contributed by atoms with Crippen LogP contribution in [0.2, 0.25) is 0 Å². The molecule has 1 aromatic heterocycles. The molecule has 2 aromatic rings. The Kier molecular flexibility index (Phi) is 5.29. The van der Waals surface area contributed by atoms with E-state index in [-0.39, 0.29) is 0 Å². The molecular weight excluding hydrogens is 342 g/mol. The highest BCUT2D eigenvalue weighted by Crippen LogP contribution is 2.30. The number of nitrogen functional groups attached to an aromatic ring is 1. The zero-order valence-electron chi connectivity index (χ0n) is 15.8. The summed E-state index contributed by atoms with van der Waals surface area (Å²) < 4.78 is 11.3. The zero-order chi connectivity index (χ0) is 18.6. The standard InChI is InChI=1S/C20H27N5O2/c1-2-27-18-6-4-3-5-17(18)24-8-10-25(11-9-24)19-13-16(22-20(21)23-19)15-7-12-26-14-15/h3-6,13,15H,2,7-12,14H2,1H3,(H2,21,22,23)/t15-/m0/s1. The van der Waals surface area contributed by atoms with Crippen molar-refractivity contribution in [2.24, 2.45) is 0 Å². The molecule has 0 spiro atoms. The fourth-order valence-corrected chi connectivity index (χ4v) is 3.78. The van der Waals surface area contributed by atoms with E-state index in [4.69, 9.17) is 15.2 Å². The molecular formula is C20H27N5O2. The highest BCUT2D eigenvalue weighted by Gasteiger charge is 2.24. The van der Waals surface area contributed by atoms with Crippen molar-refractivity contribution in [2.75, 3.05) is 61.5 Å². The van der Waals surface area contributed by atoms with Crippen LogP contribution < -0.4 is 20.3 Å². The van der Waals surface area contributed by atoms with Crippen molar-refractivity contribution in [2.45, 2.75) is 19.3 Å². The third kappa shape index (κ3) is 3.93. The summed E-state index contributed by atoms with van der Waals surface area (Å²) in [5.41, 5.74) is 8.15. The van der Waals surface area contributed by atoms with E-state index in [1.165, 1.54) is 0 Å². The maximum atomic E-state index is 5.99. The van der Waals surface area contributed by atoms with E-state index in [0.29, 0.717) is 18.5 Å². The van der Waals surface area contributed by atoms with Gasteiger partial charge in [0.15, 0.2) is 0 Å². The number of hydrogen-bond acceptors (Lipinski definition) is 7. The quantitative estimate of drug-likeness (QED) is 0.866. The lowest BCUT2D eigenvalue weighted by atomic mass is 10.0. The van der Waals surface area contributed by atoms with Crippen molar-refractivity contribution in [1.82, 2.24) is 9.97 Å². The van der Waals surface area contributed by atoms with Crippen molar-refractivity contribution in [3.05, 3.63) is 36.0 Å². The van der Waals surface area contributed by atoms with Crippen molar-refractivity contribution < 1.29 is 9.47 Å². The lowest BCUT2D eigenvalue weighted by Crippen LogP contribution is -2.47. The van der Waals surface area contributed by atoms with Crippen molar-refractivity contribution in [1.29, 1.82) is 0 Å². The van der Waals surface area contributed by atoms with E-state index >= 15 is 0 Å². The molecule has 0 bridgehead atoms. The lowest BCUT2D eigenvalue weighted by molar-refractivity contribution is 0.193. The normalized spacial score (nSPS) is 20.1. The van der Waals surface area contributed by atoms with Crippen LogP contribution >= 0.6 is 0 Å². The van der Waals surface area contributed by atoms with Crippen LogP contribution in [0.1, 0.15) is 25.0 Å². The molecule has 1 atom stereocenters. The van der Waals surface area contributed by atoms with Gasteiger partial charge in [0.2, 0.25) is 5.95 Å². The van der Waals surface area contributed by atoms with Crippen molar-refractivity contribution >= 4 is 17.5 Å². The molecule has 2 fully saturated rings. The summed E-state index contributed by atoms with van der Waals surface area (Å²) in [5, 5.41) is 0. The summed E-state index contributed by atoms with van der Waals surface area (Å²) in [6, 6.07) is 10.3. The molecule has 7 nitrogen and oxygen atoms in total. The van der Waals surface area contributed by atoms with Crippen molar-refractivity contribution in [3.63, 3.8) is 0 Å². The molecule has 3 heterocycles. The zero-order valence-corrected chi connectivity index (χ0v) is 15.8. The van der Waals surface area contributed by atoms with Gasteiger partial charge < -0.3 is 25.0 Å². The number of nitrogens with zero attached hydrogens (tertiary/aromatic N) is 4. The van der Waals surface area contributed by atoms with Gasteiger partial charge in [0.25, 0.3) is 0 Å². The van der Waals surface area contributed by atoms with Gasteiger partial charge in [0.1, 0.15) is 11.6 Å². The van der Waals surface area contributed by atoms with E-state index in [1.54, 1.807) is 0 Å². The van der Waals surface area contributed by atoms with Crippen LogP contribution in [0, 0.1) is 0 Å². The third-order valence-corrected chi connectivity index (χ3v) is 5.21. The average Bonchev–Trinajstić information content (AvgIpc) is 3.23. The maximum Gasteiger partial charge on any atom is 0.222 e. The molecule has 2 N–H and O–H groups in total. The largest absolute Gasteiger partial charge is 0.492 e. The second kappa shape index (κ2) is 8.00. The number of anilines is 3. The first-order valence-electron chi connectivity index (χ1n) is 9.68. The molecule has 0 radical (unpaired) electrons. The second-order valence-corrected chi connectivity index (χ2v) is 6.94. The first-order chi connectivity index (χ1) is 13.2. The van der Waals surface area contributed by atoms with Gasteiger partial charge in [-0.1, -0.05) is 12.1 Å². The number of para-hydroxylation sites is 2. The molecule has 7 heteroatoms. The smallest absolute Gasteiger partial charge is 0.222 e.